The Kier molecular flexibility index (Phi) is 5.06. The Bertz CT molecular complexity index is 206. The fraction of sp³-hybridized carbons (Fsp3) is 1.00. The molecule has 1 aliphatic heterocycles. The molecule has 0 saturated carbocycles. The first-order valence-electron chi connectivity index (χ1n) is 4.92. The van der Waals surface area contributed by atoms with Gasteiger partial charge in [-0.3, -0.25) is 18.9 Å². The van der Waals surface area contributed by atoms with Gasteiger partial charge in [0.05, 0.1) is 6.61 Å². The molecule has 1 rings (SSSR count). The van der Waals surface area contributed by atoms with Crippen LogP contribution < -0.4 is 5.32 Å². The summed E-state index contributed by atoms with van der Waals surface area (Å²) < 4.78 is 26.9. The number of nitrogens with one attached hydrogen (secondary N) is 1. The molecule has 14 heavy (non-hydrogen) atoms. The van der Waals surface area contributed by atoms with Crippen molar-refractivity contribution in [2.45, 2.75) is 32.4 Å². The Labute approximate surface area is 84.7 Å². The van der Waals surface area contributed by atoms with Gasteiger partial charge in [-0.15, -0.1) is 0 Å². The molecule has 1 fully saturated rings. The lowest BCUT2D eigenvalue weighted by Crippen LogP contribution is -2.24. The van der Waals surface area contributed by atoms with Gasteiger partial charge in [-0.25, -0.2) is 4.57 Å². The molecule has 0 bridgehead atoms. The Balaban J connectivity index is 2.38. The van der Waals surface area contributed by atoms with E-state index in [1.165, 1.54) is 7.11 Å². The zero-order valence-corrected chi connectivity index (χ0v) is 9.59. The largest absolute Gasteiger partial charge is 0.476 e. The summed E-state index contributed by atoms with van der Waals surface area (Å²) in [6.45, 7) is 3.22. The highest BCUT2D eigenvalue weighted by atomic mass is 31.2. The van der Waals surface area contributed by atoms with Gasteiger partial charge in [0.25, 0.3) is 0 Å². The molecule has 1 heterocycles. The van der Waals surface area contributed by atoms with Crippen molar-refractivity contribution < 1.29 is 18.1 Å². The number of phosphoric ester groups is 1. The lowest BCUT2D eigenvalue weighted by Gasteiger charge is -2.19. The third-order valence-corrected chi connectivity index (χ3v) is 3.41. The fourth-order valence-electron chi connectivity index (χ4n) is 1.23. The third-order valence-electron chi connectivity index (χ3n) is 1.95. The smallest absolute Gasteiger partial charge is 0.292 e. The molecule has 2 unspecified atom stereocenters. The minimum absolute atomic E-state index is 0.197. The van der Waals surface area contributed by atoms with Gasteiger partial charge in [-0.05, 0) is 25.8 Å². The van der Waals surface area contributed by atoms with Crippen LogP contribution >= 0.6 is 7.82 Å². The van der Waals surface area contributed by atoms with Crippen LogP contribution in [0.1, 0.15) is 26.2 Å². The highest BCUT2D eigenvalue weighted by Gasteiger charge is 2.30. The highest BCUT2D eigenvalue weighted by molar-refractivity contribution is 7.48. The van der Waals surface area contributed by atoms with Crippen molar-refractivity contribution in [2.24, 2.45) is 0 Å². The summed E-state index contributed by atoms with van der Waals surface area (Å²) in [5.74, 6) is 0. The minimum Gasteiger partial charge on any atom is -0.292 e. The van der Waals surface area contributed by atoms with Crippen LogP contribution in [-0.4, -0.2) is 26.5 Å². The van der Waals surface area contributed by atoms with Gasteiger partial charge < -0.3 is 0 Å². The standard InChI is InChI=1S/C8H18NO4P/c1-3-7-12-14(10,11-2)13-8-5-4-6-9-8/h8-9H,3-7H2,1-2H3. The third kappa shape index (κ3) is 3.67. The molecule has 5 nitrogen and oxygen atoms in total. The van der Waals surface area contributed by atoms with Crippen LogP contribution in [0.25, 0.3) is 0 Å². The molecule has 0 aliphatic carbocycles. The maximum Gasteiger partial charge on any atom is 0.476 e. The van der Waals surface area contributed by atoms with Gasteiger partial charge in [0.15, 0.2) is 0 Å². The molecule has 84 valence electrons. The Morgan fingerprint density at radius 3 is 2.86 bits per heavy atom. The number of hydrogen-bond acceptors (Lipinski definition) is 5. The summed E-state index contributed by atoms with van der Waals surface area (Å²) in [6.07, 6.45) is 2.47. The van der Waals surface area contributed by atoms with Crippen LogP contribution in [0.2, 0.25) is 0 Å². The van der Waals surface area contributed by atoms with Crippen LogP contribution in [-0.2, 0) is 18.1 Å². The van der Waals surface area contributed by atoms with Crippen LogP contribution in [0.3, 0.4) is 0 Å². The zero-order valence-electron chi connectivity index (χ0n) is 8.69. The van der Waals surface area contributed by atoms with Crippen molar-refractivity contribution in [3.8, 4) is 0 Å². The summed E-state index contributed by atoms with van der Waals surface area (Å²) in [4.78, 5) is 0. The Morgan fingerprint density at radius 1 is 1.57 bits per heavy atom. The van der Waals surface area contributed by atoms with Gasteiger partial charge in [0, 0.05) is 7.11 Å². The maximum absolute atomic E-state index is 11.8. The molecule has 0 aromatic carbocycles. The molecule has 1 saturated heterocycles. The highest BCUT2D eigenvalue weighted by Crippen LogP contribution is 2.50. The van der Waals surface area contributed by atoms with Crippen molar-refractivity contribution in [1.29, 1.82) is 0 Å². The monoisotopic (exact) mass is 223 g/mol. The summed E-state index contributed by atoms with van der Waals surface area (Å²) in [5.41, 5.74) is 0. The topological polar surface area (TPSA) is 56.8 Å². The van der Waals surface area contributed by atoms with E-state index in [4.69, 9.17) is 13.6 Å². The predicted molar refractivity (Wildman–Crippen MR) is 53.0 cm³/mol. The quantitative estimate of drug-likeness (QED) is 0.697. The van der Waals surface area contributed by atoms with E-state index in [-0.39, 0.29) is 6.23 Å². The molecular formula is C8H18NO4P. The number of phosphoric acid groups is 1. The van der Waals surface area contributed by atoms with Crippen LogP contribution in [0, 0.1) is 0 Å². The fourth-order valence-corrected chi connectivity index (χ4v) is 2.38. The van der Waals surface area contributed by atoms with E-state index in [1.807, 2.05) is 6.92 Å². The van der Waals surface area contributed by atoms with Crippen molar-refractivity contribution in [3.05, 3.63) is 0 Å². The van der Waals surface area contributed by atoms with Crippen molar-refractivity contribution in [2.75, 3.05) is 20.3 Å². The van der Waals surface area contributed by atoms with Crippen LogP contribution in [0.5, 0.6) is 0 Å². The van der Waals surface area contributed by atoms with E-state index in [2.05, 4.69) is 5.32 Å². The lowest BCUT2D eigenvalue weighted by molar-refractivity contribution is 0.0841. The molecule has 0 amide bonds. The van der Waals surface area contributed by atoms with Crippen molar-refractivity contribution in [1.82, 2.24) is 5.32 Å². The summed E-state index contributed by atoms with van der Waals surface area (Å²) in [7, 11) is -1.99. The first-order valence-corrected chi connectivity index (χ1v) is 6.38. The molecule has 1 aliphatic rings. The van der Waals surface area contributed by atoms with E-state index < -0.39 is 7.82 Å². The van der Waals surface area contributed by atoms with Crippen LogP contribution in [0.4, 0.5) is 0 Å². The first kappa shape index (κ1) is 12.1. The van der Waals surface area contributed by atoms with E-state index in [0.29, 0.717) is 6.61 Å². The van der Waals surface area contributed by atoms with E-state index in [9.17, 15) is 4.57 Å². The average Bonchev–Trinajstić information content (AvgIpc) is 2.67. The molecular weight excluding hydrogens is 205 g/mol. The van der Waals surface area contributed by atoms with Crippen molar-refractivity contribution in [3.63, 3.8) is 0 Å². The molecule has 0 spiro atoms. The van der Waals surface area contributed by atoms with Gasteiger partial charge in [-0.1, -0.05) is 6.92 Å². The van der Waals surface area contributed by atoms with Gasteiger partial charge in [0.2, 0.25) is 0 Å². The summed E-state index contributed by atoms with van der Waals surface area (Å²) >= 11 is 0. The van der Waals surface area contributed by atoms with Crippen molar-refractivity contribution >= 4 is 7.82 Å². The number of rotatable bonds is 6. The minimum atomic E-state index is -3.33. The molecule has 2 atom stereocenters. The molecule has 0 aromatic heterocycles. The van der Waals surface area contributed by atoms with Gasteiger partial charge in [-0.2, -0.15) is 0 Å². The first-order chi connectivity index (χ1) is 6.70. The second-order valence-corrected chi connectivity index (χ2v) is 4.88. The zero-order chi connectivity index (χ0) is 10.4. The SMILES string of the molecule is CCCOP(=O)(OC)OC1CCCN1. The van der Waals surface area contributed by atoms with Crippen LogP contribution in [0.15, 0.2) is 0 Å². The normalized spacial score (nSPS) is 26.3. The van der Waals surface area contributed by atoms with E-state index in [1.54, 1.807) is 0 Å². The van der Waals surface area contributed by atoms with E-state index >= 15 is 0 Å². The maximum atomic E-state index is 11.8. The average molecular weight is 223 g/mol. The number of hydrogen-bond donors (Lipinski definition) is 1. The van der Waals surface area contributed by atoms with E-state index in [0.717, 1.165) is 25.8 Å². The Morgan fingerprint density at radius 2 is 2.36 bits per heavy atom. The molecule has 6 heteroatoms. The summed E-state index contributed by atoms with van der Waals surface area (Å²) in [5, 5.41) is 3.07. The van der Waals surface area contributed by atoms with Gasteiger partial charge >= 0.3 is 7.82 Å². The molecule has 1 N–H and O–H groups in total. The van der Waals surface area contributed by atoms with Gasteiger partial charge in [0.1, 0.15) is 6.23 Å². The Hall–Kier alpha value is 0.0700. The molecule has 0 aromatic rings. The summed E-state index contributed by atoms with van der Waals surface area (Å²) in [6, 6.07) is 0. The second kappa shape index (κ2) is 5.83. The second-order valence-electron chi connectivity index (χ2n) is 3.15. The predicted octanol–water partition coefficient (Wildman–Crippen LogP) is 1.89. The molecule has 0 radical (unpaired) electrons. The lowest BCUT2D eigenvalue weighted by atomic mass is 10.4.